The maximum absolute atomic E-state index is 5.37. The van der Waals surface area contributed by atoms with Gasteiger partial charge in [0, 0.05) is 12.2 Å². The number of nitrogens with one attached hydrogen (secondary N) is 1. The maximum Gasteiger partial charge on any atom is 0.119 e. The number of aliphatic imine (C=N–C) groups is 1. The molecule has 1 N–H and O–H groups in total. The van der Waals surface area contributed by atoms with Crippen LogP contribution in [0.1, 0.15) is 64.4 Å². The second kappa shape index (κ2) is 8.76. The van der Waals surface area contributed by atoms with Crippen LogP contribution < -0.4 is 10.1 Å². The molecule has 2 rings (SSSR count). The molecular formula is C20H30N2O. The monoisotopic (exact) mass is 314 g/mol. The molecule has 0 bridgehead atoms. The predicted molar refractivity (Wildman–Crippen MR) is 99.8 cm³/mol. The van der Waals surface area contributed by atoms with E-state index in [4.69, 9.17) is 9.73 Å². The summed E-state index contributed by atoms with van der Waals surface area (Å²) < 4.78 is 5.37. The summed E-state index contributed by atoms with van der Waals surface area (Å²) in [6.45, 7) is 7.57. The zero-order valence-corrected chi connectivity index (χ0v) is 15.0. The fourth-order valence-electron chi connectivity index (χ4n) is 2.83. The summed E-state index contributed by atoms with van der Waals surface area (Å²) in [4.78, 5) is 4.82. The summed E-state index contributed by atoms with van der Waals surface area (Å²) in [5.74, 6) is 1.35. The van der Waals surface area contributed by atoms with Crippen molar-refractivity contribution in [2.75, 3.05) is 19.0 Å². The first-order chi connectivity index (χ1) is 11.2. The Morgan fingerprint density at radius 3 is 2.83 bits per heavy atom. The molecule has 1 aromatic carbocycles. The molecule has 0 spiro atoms. The van der Waals surface area contributed by atoms with Crippen LogP contribution in [0.25, 0.3) is 0 Å². The number of anilines is 1. The third-order valence-corrected chi connectivity index (χ3v) is 4.24. The standard InChI is InChI=1S/C20H30N2O/c1-5-6-13-21-19-9-7-8-10-20(19)22-18-12-11-16(23-4)14-17(18)15(2)3/h10-12,14-15,22H,5-9,13H2,1-4H3. The number of hydrogen-bond donors (Lipinski definition) is 1. The minimum absolute atomic E-state index is 0.442. The van der Waals surface area contributed by atoms with Crippen LogP contribution in [0, 0.1) is 0 Å². The number of nitrogens with zero attached hydrogens (tertiary/aromatic N) is 1. The summed E-state index contributed by atoms with van der Waals surface area (Å²) in [6.07, 6.45) is 8.06. The largest absolute Gasteiger partial charge is 0.497 e. The molecule has 0 unspecified atom stereocenters. The van der Waals surface area contributed by atoms with Crippen molar-refractivity contribution in [3.63, 3.8) is 0 Å². The third-order valence-electron chi connectivity index (χ3n) is 4.24. The van der Waals surface area contributed by atoms with Crippen LogP contribution in [0.15, 0.2) is 35.0 Å². The zero-order valence-electron chi connectivity index (χ0n) is 15.0. The van der Waals surface area contributed by atoms with Gasteiger partial charge in [0.1, 0.15) is 5.75 Å². The van der Waals surface area contributed by atoms with Crippen molar-refractivity contribution in [2.45, 2.75) is 58.8 Å². The van der Waals surface area contributed by atoms with Crippen LogP contribution >= 0.6 is 0 Å². The van der Waals surface area contributed by atoms with Crippen LogP contribution in [0.4, 0.5) is 5.69 Å². The molecule has 126 valence electrons. The van der Waals surface area contributed by atoms with Gasteiger partial charge in [-0.15, -0.1) is 0 Å². The van der Waals surface area contributed by atoms with Crippen LogP contribution in [0.3, 0.4) is 0 Å². The molecule has 0 aliphatic heterocycles. The van der Waals surface area contributed by atoms with Crippen molar-refractivity contribution in [2.24, 2.45) is 4.99 Å². The highest BCUT2D eigenvalue weighted by Crippen LogP contribution is 2.30. The van der Waals surface area contributed by atoms with Gasteiger partial charge in [0.2, 0.25) is 0 Å². The summed E-state index contributed by atoms with van der Waals surface area (Å²) in [6, 6.07) is 6.27. The number of benzene rings is 1. The topological polar surface area (TPSA) is 33.6 Å². The van der Waals surface area contributed by atoms with Gasteiger partial charge >= 0.3 is 0 Å². The minimum atomic E-state index is 0.442. The second-order valence-corrected chi connectivity index (χ2v) is 6.42. The van der Waals surface area contributed by atoms with Gasteiger partial charge in [0.15, 0.2) is 0 Å². The van der Waals surface area contributed by atoms with Gasteiger partial charge in [-0.25, -0.2) is 0 Å². The van der Waals surface area contributed by atoms with E-state index in [1.54, 1.807) is 7.11 Å². The van der Waals surface area contributed by atoms with Crippen molar-refractivity contribution in [1.29, 1.82) is 0 Å². The number of ether oxygens (including phenoxy) is 1. The van der Waals surface area contributed by atoms with Gasteiger partial charge in [-0.1, -0.05) is 33.3 Å². The lowest BCUT2D eigenvalue weighted by Crippen LogP contribution is -2.16. The molecule has 3 heteroatoms. The van der Waals surface area contributed by atoms with Gasteiger partial charge in [-0.2, -0.15) is 0 Å². The van der Waals surface area contributed by atoms with E-state index in [0.29, 0.717) is 5.92 Å². The van der Waals surface area contributed by atoms with E-state index in [9.17, 15) is 0 Å². The van der Waals surface area contributed by atoms with Gasteiger partial charge in [0.25, 0.3) is 0 Å². The first kappa shape index (κ1) is 17.6. The molecular weight excluding hydrogens is 284 g/mol. The molecule has 0 heterocycles. The van der Waals surface area contributed by atoms with E-state index in [-0.39, 0.29) is 0 Å². The zero-order chi connectivity index (χ0) is 16.7. The predicted octanol–water partition coefficient (Wildman–Crippen LogP) is 5.54. The van der Waals surface area contributed by atoms with Crippen molar-refractivity contribution in [3.05, 3.63) is 35.5 Å². The van der Waals surface area contributed by atoms with Gasteiger partial charge in [-0.3, -0.25) is 4.99 Å². The van der Waals surface area contributed by atoms with Gasteiger partial charge in [-0.05, 0) is 55.4 Å². The van der Waals surface area contributed by atoms with E-state index in [2.05, 4.69) is 44.3 Å². The Labute approximate surface area is 140 Å². The Morgan fingerprint density at radius 1 is 1.30 bits per heavy atom. The molecule has 0 saturated heterocycles. The Kier molecular flexibility index (Phi) is 6.69. The molecule has 1 aliphatic carbocycles. The Hall–Kier alpha value is -1.77. The molecule has 0 aromatic heterocycles. The SMILES string of the molecule is CCCCN=C1CCCC=C1Nc1ccc(OC)cc1C(C)C. The second-order valence-electron chi connectivity index (χ2n) is 6.42. The summed E-state index contributed by atoms with van der Waals surface area (Å²) in [5.41, 5.74) is 4.87. The molecule has 1 aliphatic rings. The number of rotatable bonds is 7. The van der Waals surface area contributed by atoms with Gasteiger partial charge in [0.05, 0.1) is 18.5 Å². The highest BCUT2D eigenvalue weighted by atomic mass is 16.5. The van der Waals surface area contributed by atoms with Crippen LogP contribution in [-0.2, 0) is 0 Å². The number of hydrogen-bond acceptors (Lipinski definition) is 3. The molecule has 0 radical (unpaired) electrons. The van der Waals surface area contributed by atoms with Crippen molar-refractivity contribution < 1.29 is 4.74 Å². The van der Waals surface area contributed by atoms with E-state index in [1.807, 2.05) is 6.07 Å². The molecule has 0 saturated carbocycles. The normalized spacial score (nSPS) is 16.6. The maximum atomic E-state index is 5.37. The van der Waals surface area contributed by atoms with Crippen molar-refractivity contribution in [1.82, 2.24) is 0 Å². The van der Waals surface area contributed by atoms with E-state index < -0.39 is 0 Å². The molecule has 23 heavy (non-hydrogen) atoms. The lowest BCUT2D eigenvalue weighted by molar-refractivity contribution is 0.414. The third kappa shape index (κ3) is 4.85. The molecule has 0 amide bonds. The van der Waals surface area contributed by atoms with Crippen molar-refractivity contribution in [3.8, 4) is 5.75 Å². The summed E-state index contributed by atoms with van der Waals surface area (Å²) >= 11 is 0. The van der Waals surface area contributed by atoms with Crippen LogP contribution in [0.2, 0.25) is 0 Å². The fraction of sp³-hybridized carbons (Fsp3) is 0.550. The molecule has 1 aromatic rings. The number of methoxy groups -OCH3 is 1. The summed E-state index contributed by atoms with van der Waals surface area (Å²) in [7, 11) is 1.72. The first-order valence-electron chi connectivity index (χ1n) is 8.84. The van der Waals surface area contributed by atoms with Crippen LogP contribution in [-0.4, -0.2) is 19.4 Å². The smallest absolute Gasteiger partial charge is 0.119 e. The fourth-order valence-corrected chi connectivity index (χ4v) is 2.83. The van der Waals surface area contributed by atoms with E-state index in [1.165, 1.54) is 29.8 Å². The van der Waals surface area contributed by atoms with E-state index >= 15 is 0 Å². The Bertz CT molecular complexity index is 573. The lowest BCUT2D eigenvalue weighted by Gasteiger charge is -2.21. The lowest BCUT2D eigenvalue weighted by atomic mass is 9.98. The Balaban J connectivity index is 2.22. The number of unbranched alkanes of at least 4 members (excludes halogenated alkanes) is 1. The quantitative estimate of drug-likeness (QED) is 0.670. The minimum Gasteiger partial charge on any atom is -0.497 e. The first-order valence-corrected chi connectivity index (χ1v) is 8.84. The average Bonchev–Trinajstić information content (AvgIpc) is 2.56. The average molecular weight is 314 g/mol. The highest BCUT2D eigenvalue weighted by Gasteiger charge is 2.15. The van der Waals surface area contributed by atoms with Gasteiger partial charge < -0.3 is 10.1 Å². The van der Waals surface area contributed by atoms with E-state index in [0.717, 1.165) is 37.2 Å². The van der Waals surface area contributed by atoms with Crippen LogP contribution in [0.5, 0.6) is 5.75 Å². The number of allylic oxidation sites excluding steroid dienone is 2. The summed E-state index contributed by atoms with van der Waals surface area (Å²) in [5, 5.41) is 3.63. The van der Waals surface area contributed by atoms with Crippen molar-refractivity contribution >= 4 is 11.4 Å². The Morgan fingerprint density at radius 2 is 2.13 bits per heavy atom. The highest BCUT2D eigenvalue weighted by molar-refractivity contribution is 6.03. The molecule has 3 nitrogen and oxygen atoms in total. The molecule has 0 atom stereocenters. The molecule has 0 fully saturated rings.